The van der Waals surface area contributed by atoms with Crippen LogP contribution in [0, 0.1) is 18.3 Å². The van der Waals surface area contributed by atoms with Crippen molar-refractivity contribution in [1.29, 1.82) is 5.26 Å². The lowest BCUT2D eigenvalue weighted by atomic mass is 10.1. The van der Waals surface area contributed by atoms with E-state index in [1.54, 1.807) is 18.9 Å². The van der Waals surface area contributed by atoms with Crippen LogP contribution in [0.3, 0.4) is 0 Å². The van der Waals surface area contributed by atoms with Crippen LogP contribution in [0.25, 0.3) is 0 Å². The lowest BCUT2D eigenvalue weighted by Gasteiger charge is -2.28. The summed E-state index contributed by atoms with van der Waals surface area (Å²) in [5.41, 5.74) is 2.47. The maximum Gasteiger partial charge on any atom is 0.115 e. The molecule has 0 saturated heterocycles. The Hall–Kier alpha value is -0.870. The number of nitrogens with zero attached hydrogens (tertiary/aromatic N) is 3. The summed E-state index contributed by atoms with van der Waals surface area (Å²) >= 11 is 1.64. The van der Waals surface area contributed by atoms with Crippen LogP contribution in [0.4, 0.5) is 0 Å². The molecular weight excluding hydrogens is 362 g/mol. The standard InChI is InChI=1S/C16H24N3OS.BrH/c1-6-7-19(3,4)8-9-21-16-15(11-17)14(12-20-5)10-13(2)18-16;/h6,10H,1,7-9,12H2,2-5H3;1H/q+1;/p-1. The second-order valence-electron chi connectivity index (χ2n) is 5.63. The molecule has 122 valence electrons. The van der Waals surface area contributed by atoms with E-state index in [4.69, 9.17) is 4.74 Å². The van der Waals surface area contributed by atoms with Crippen LogP contribution < -0.4 is 17.0 Å². The van der Waals surface area contributed by atoms with Crippen LogP contribution in [0.2, 0.25) is 0 Å². The zero-order valence-electron chi connectivity index (χ0n) is 13.7. The molecule has 6 heteroatoms. The predicted octanol–water partition coefficient (Wildman–Crippen LogP) is -0.233. The van der Waals surface area contributed by atoms with Gasteiger partial charge in [0.15, 0.2) is 0 Å². The molecule has 4 nitrogen and oxygen atoms in total. The van der Waals surface area contributed by atoms with Crippen molar-refractivity contribution in [2.75, 3.05) is 40.0 Å². The second kappa shape index (κ2) is 10.0. The number of rotatable bonds is 8. The van der Waals surface area contributed by atoms with Gasteiger partial charge in [0.1, 0.15) is 11.1 Å². The molecule has 0 N–H and O–H groups in total. The summed E-state index contributed by atoms with van der Waals surface area (Å²) < 4.78 is 6.05. The zero-order valence-corrected chi connectivity index (χ0v) is 16.1. The molecule has 1 aromatic rings. The molecule has 0 spiro atoms. The van der Waals surface area contributed by atoms with E-state index in [1.165, 1.54) is 0 Å². The van der Waals surface area contributed by atoms with E-state index in [0.29, 0.717) is 12.2 Å². The van der Waals surface area contributed by atoms with Gasteiger partial charge in [0.25, 0.3) is 0 Å². The van der Waals surface area contributed by atoms with Gasteiger partial charge in [-0.1, -0.05) is 18.3 Å². The van der Waals surface area contributed by atoms with Crippen molar-refractivity contribution >= 4 is 11.8 Å². The minimum atomic E-state index is 0. The van der Waals surface area contributed by atoms with Crippen molar-refractivity contribution in [2.24, 2.45) is 0 Å². The van der Waals surface area contributed by atoms with Gasteiger partial charge in [-0.25, -0.2) is 4.98 Å². The van der Waals surface area contributed by atoms with Gasteiger partial charge in [0.2, 0.25) is 0 Å². The summed E-state index contributed by atoms with van der Waals surface area (Å²) in [6.07, 6.45) is 1.94. The average Bonchev–Trinajstić information content (AvgIpc) is 2.38. The number of thioether (sulfide) groups is 1. The van der Waals surface area contributed by atoms with Gasteiger partial charge < -0.3 is 26.2 Å². The highest BCUT2D eigenvalue weighted by Crippen LogP contribution is 2.24. The topological polar surface area (TPSA) is 45.9 Å². The third-order valence-corrected chi connectivity index (χ3v) is 4.12. The molecule has 1 aromatic heterocycles. The first-order chi connectivity index (χ1) is 9.93. The van der Waals surface area contributed by atoms with E-state index in [9.17, 15) is 5.26 Å². The zero-order chi connectivity index (χ0) is 15.9. The molecule has 22 heavy (non-hydrogen) atoms. The summed E-state index contributed by atoms with van der Waals surface area (Å²) in [7, 11) is 5.99. The Morgan fingerprint density at radius 3 is 2.73 bits per heavy atom. The molecule has 0 aliphatic rings. The van der Waals surface area contributed by atoms with Crippen LogP contribution in [0.5, 0.6) is 0 Å². The number of ether oxygens (including phenoxy) is 1. The van der Waals surface area contributed by atoms with Gasteiger partial charge in [0, 0.05) is 18.6 Å². The van der Waals surface area contributed by atoms with Gasteiger partial charge >= 0.3 is 0 Å². The number of quaternary nitrogens is 1. The van der Waals surface area contributed by atoms with E-state index in [0.717, 1.165) is 39.6 Å². The lowest BCUT2D eigenvalue weighted by molar-refractivity contribution is -0.881. The Morgan fingerprint density at radius 1 is 1.50 bits per heavy atom. The summed E-state index contributed by atoms with van der Waals surface area (Å²) in [5.74, 6) is 0.915. The van der Waals surface area contributed by atoms with Crippen LogP contribution in [-0.4, -0.2) is 49.5 Å². The highest BCUT2D eigenvalue weighted by Gasteiger charge is 2.15. The SMILES string of the molecule is C=CC[N+](C)(C)CCSc1nc(C)cc(COC)c1C#N.[Br-]. The molecule has 0 saturated carbocycles. The van der Waals surface area contributed by atoms with Crippen molar-refractivity contribution in [1.82, 2.24) is 4.98 Å². The highest BCUT2D eigenvalue weighted by molar-refractivity contribution is 7.99. The quantitative estimate of drug-likeness (QED) is 0.352. The molecule has 0 bridgehead atoms. The van der Waals surface area contributed by atoms with Crippen LogP contribution in [0.15, 0.2) is 23.7 Å². The Morgan fingerprint density at radius 2 is 2.18 bits per heavy atom. The van der Waals surface area contributed by atoms with E-state index >= 15 is 0 Å². The van der Waals surface area contributed by atoms with Crippen molar-refractivity contribution in [3.63, 3.8) is 0 Å². The fraction of sp³-hybridized carbons (Fsp3) is 0.500. The smallest absolute Gasteiger partial charge is 0.115 e. The molecule has 0 aromatic carbocycles. The normalized spacial score (nSPS) is 10.7. The maximum absolute atomic E-state index is 9.38. The van der Waals surface area contributed by atoms with E-state index < -0.39 is 0 Å². The number of aryl methyl sites for hydroxylation is 1. The van der Waals surface area contributed by atoms with E-state index in [-0.39, 0.29) is 17.0 Å². The summed E-state index contributed by atoms with van der Waals surface area (Å²) in [4.78, 5) is 4.51. The lowest BCUT2D eigenvalue weighted by Crippen LogP contribution is -3.00. The number of methoxy groups -OCH3 is 1. The minimum absolute atomic E-state index is 0. The third-order valence-electron chi connectivity index (χ3n) is 3.17. The van der Waals surface area contributed by atoms with Crippen LogP contribution >= 0.6 is 11.8 Å². The molecule has 0 aliphatic carbocycles. The van der Waals surface area contributed by atoms with Crippen molar-refractivity contribution in [3.05, 3.63) is 35.5 Å². The molecule has 0 radical (unpaired) electrons. The molecule has 1 heterocycles. The second-order valence-corrected chi connectivity index (χ2v) is 6.71. The number of pyridine rings is 1. The molecule has 0 fully saturated rings. The highest BCUT2D eigenvalue weighted by atomic mass is 79.9. The summed E-state index contributed by atoms with van der Waals surface area (Å²) in [6.45, 7) is 8.11. The number of hydrogen-bond donors (Lipinski definition) is 0. The Kier molecular flexibility index (Phi) is 9.61. The first-order valence-corrected chi connectivity index (χ1v) is 7.87. The number of aromatic nitrogens is 1. The average molecular weight is 386 g/mol. The van der Waals surface area contributed by atoms with Gasteiger partial charge in [0.05, 0.1) is 39.4 Å². The van der Waals surface area contributed by atoms with Gasteiger partial charge in [-0.3, -0.25) is 0 Å². The number of halogens is 1. The summed E-state index contributed by atoms with van der Waals surface area (Å²) in [6, 6.07) is 4.18. The number of likely N-dealkylation sites (N-methyl/N-ethyl adjacent to an activating group) is 1. The Balaban J connectivity index is 0.00000441. The fourth-order valence-electron chi connectivity index (χ4n) is 2.03. The van der Waals surface area contributed by atoms with Crippen molar-refractivity contribution in [2.45, 2.75) is 18.6 Å². The summed E-state index contributed by atoms with van der Waals surface area (Å²) in [5, 5.41) is 10.2. The van der Waals surface area contributed by atoms with Crippen LogP contribution in [-0.2, 0) is 11.3 Å². The molecule has 0 amide bonds. The maximum atomic E-state index is 9.38. The van der Waals surface area contributed by atoms with Gasteiger partial charge in [-0.05, 0) is 24.6 Å². The van der Waals surface area contributed by atoms with Crippen molar-refractivity contribution < 1.29 is 26.2 Å². The largest absolute Gasteiger partial charge is 1.00 e. The van der Waals surface area contributed by atoms with Gasteiger partial charge in [-0.2, -0.15) is 5.26 Å². The molecule has 0 aliphatic heterocycles. The fourth-order valence-corrected chi connectivity index (χ4v) is 3.34. The molecule has 0 atom stereocenters. The Labute approximate surface area is 148 Å². The minimum Gasteiger partial charge on any atom is -1.00 e. The number of hydrogen-bond acceptors (Lipinski definition) is 4. The van der Waals surface area contributed by atoms with Crippen molar-refractivity contribution in [3.8, 4) is 6.07 Å². The predicted molar refractivity (Wildman–Crippen MR) is 87.2 cm³/mol. The first-order valence-electron chi connectivity index (χ1n) is 6.88. The molecular formula is C16H24BrN3OS. The monoisotopic (exact) mass is 385 g/mol. The van der Waals surface area contributed by atoms with E-state index in [1.807, 2.05) is 19.1 Å². The Bertz CT molecular complexity index is 541. The van der Waals surface area contributed by atoms with E-state index in [2.05, 4.69) is 31.7 Å². The third kappa shape index (κ3) is 6.49. The van der Waals surface area contributed by atoms with Crippen LogP contribution in [0.1, 0.15) is 16.8 Å². The molecule has 1 rings (SSSR count). The van der Waals surface area contributed by atoms with Gasteiger partial charge in [-0.15, -0.1) is 0 Å². The number of nitriles is 1. The first kappa shape index (κ1) is 21.1. The molecule has 0 unspecified atom stereocenters.